The van der Waals surface area contributed by atoms with Crippen molar-refractivity contribution in [3.63, 3.8) is 0 Å². The number of hydrogen-bond donors (Lipinski definition) is 0. The Morgan fingerprint density at radius 3 is 0.711 bits per heavy atom. The van der Waals surface area contributed by atoms with E-state index in [-0.39, 0.29) is 0 Å². The molecule has 0 spiro atoms. The molecule has 0 saturated heterocycles. The Bertz CT molecular complexity index is 1580. The SMILES string of the molecule is CC(C)[Si]1(C(C)C)c2ccccc2-c2c1c1c(c3c2[Si](C(C)C)(C(C)C)c2ccccc2-3)[Si](C(C)C)(C(C)C)c2ccccc2-1. The van der Waals surface area contributed by atoms with Gasteiger partial charge in [0.2, 0.25) is 0 Å². The van der Waals surface area contributed by atoms with E-state index in [1.165, 1.54) is 0 Å². The summed E-state index contributed by atoms with van der Waals surface area (Å²) in [6.45, 7) is 31.0. The van der Waals surface area contributed by atoms with Crippen molar-refractivity contribution < 1.29 is 0 Å². The van der Waals surface area contributed by atoms with Gasteiger partial charge in [0, 0.05) is 0 Å². The summed E-state index contributed by atoms with van der Waals surface area (Å²) in [6, 6.07) is 29.5. The molecule has 4 aromatic carbocycles. The second kappa shape index (κ2) is 10.3. The first-order valence-electron chi connectivity index (χ1n) is 17.9. The highest BCUT2D eigenvalue weighted by atomic mass is 28.3. The highest BCUT2D eigenvalue weighted by Crippen LogP contribution is 2.53. The zero-order chi connectivity index (χ0) is 32.4. The van der Waals surface area contributed by atoms with E-state index < -0.39 is 24.2 Å². The fourth-order valence-corrected chi connectivity index (χ4v) is 31.5. The van der Waals surface area contributed by atoms with Crippen LogP contribution in [0.5, 0.6) is 0 Å². The molecule has 3 aliphatic rings. The molecule has 3 heteroatoms. The lowest BCUT2D eigenvalue weighted by Gasteiger charge is -2.43. The highest BCUT2D eigenvalue weighted by molar-refractivity contribution is 7.16. The van der Waals surface area contributed by atoms with E-state index >= 15 is 0 Å². The van der Waals surface area contributed by atoms with E-state index in [1.807, 2.05) is 15.6 Å². The van der Waals surface area contributed by atoms with Crippen LogP contribution in [0.25, 0.3) is 33.4 Å². The van der Waals surface area contributed by atoms with E-state index in [0.717, 1.165) is 0 Å². The maximum absolute atomic E-state index is 2.58. The van der Waals surface area contributed by atoms with Crippen molar-refractivity contribution in [2.45, 2.75) is 116 Å². The molecule has 0 saturated carbocycles. The summed E-state index contributed by atoms with van der Waals surface area (Å²) in [5.41, 5.74) is 13.6. The Hall–Kier alpha value is -2.47. The summed E-state index contributed by atoms with van der Waals surface area (Å²) in [7, 11) is -6.66. The summed E-state index contributed by atoms with van der Waals surface area (Å²) in [5.74, 6) is 0. The lowest BCUT2D eigenvalue weighted by molar-refractivity contribution is 0.928. The minimum absolute atomic E-state index is 0.613. The topological polar surface area (TPSA) is 0 Å². The van der Waals surface area contributed by atoms with Gasteiger partial charge in [-0.15, -0.1) is 0 Å². The summed E-state index contributed by atoms with van der Waals surface area (Å²) in [6.07, 6.45) is 0. The lowest BCUT2D eigenvalue weighted by atomic mass is 9.93. The standard InChI is InChI=1S/C42H54Si3/c1-25(2)43(26(3)4)34-22-16-13-19-31(34)37-40(43)38-32-20-14-17-23-35(32)44(27(5)6,28(7)8)42(38)39-33-21-15-18-24-36(33)45(29(9)10,30(11)12)41(37)39/h13-30H,1-12H3. The predicted octanol–water partition coefficient (Wildman–Crippen LogP) is 8.78. The zero-order valence-corrected chi connectivity index (χ0v) is 32.9. The molecule has 0 fully saturated rings. The first-order chi connectivity index (χ1) is 21.3. The van der Waals surface area contributed by atoms with Gasteiger partial charge in [-0.05, 0) is 97.7 Å². The minimum Gasteiger partial charge on any atom is -0.0645 e. The number of benzene rings is 4. The van der Waals surface area contributed by atoms with Crippen molar-refractivity contribution >= 4 is 55.3 Å². The van der Waals surface area contributed by atoms with Crippen molar-refractivity contribution in [2.24, 2.45) is 0 Å². The number of hydrogen-bond acceptors (Lipinski definition) is 0. The van der Waals surface area contributed by atoms with Gasteiger partial charge in [-0.25, -0.2) is 0 Å². The van der Waals surface area contributed by atoms with Gasteiger partial charge < -0.3 is 0 Å². The lowest BCUT2D eigenvalue weighted by Crippen LogP contribution is -2.66. The van der Waals surface area contributed by atoms with Crippen LogP contribution in [0.2, 0.25) is 33.2 Å². The van der Waals surface area contributed by atoms with Crippen LogP contribution < -0.4 is 31.1 Å². The van der Waals surface area contributed by atoms with Gasteiger partial charge in [0.25, 0.3) is 0 Å². The maximum Gasteiger partial charge on any atom is 0.125 e. The third-order valence-corrected chi connectivity index (χ3v) is 32.0. The molecule has 0 radical (unpaired) electrons. The quantitative estimate of drug-likeness (QED) is 0.185. The van der Waals surface area contributed by atoms with E-state index in [9.17, 15) is 0 Å². The molecule has 0 aromatic heterocycles. The molecule has 0 N–H and O–H groups in total. The Kier molecular flexibility index (Phi) is 7.10. The average molecular weight is 643 g/mol. The molecular weight excluding hydrogens is 589 g/mol. The molecule has 0 aliphatic carbocycles. The zero-order valence-electron chi connectivity index (χ0n) is 29.9. The maximum atomic E-state index is 2.58. The first-order valence-corrected chi connectivity index (χ1v) is 24.4. The van der Waals surface area contributed by atoms with Crippen LogP contribution in [0, 0.1) is 0 Å². The summed E-state index contributed by atoms with van der Waals surface area (Å²) in [5, 5.41) is 10.7. The van der Waals surface area contributed by atoms with Gasteiger partial charge in [0.15, 0.2) is 0 Å². The summed E-state index contributed by atoms with van der Waals surface area (Å²) in [4.78, 5) is 0. The third-order valence-electron chi connectivity index (χ3n) is 13.1. The van der Waals surface area contributed by atoms with Crippen molar-refractivity contribution in [1.29, 1.82) is 0 Å². The van der Waals surface area contributed by atoms with Crippen molar-refractivity contribution in [1.82, 2.24) is 0 Å². The monoisotopic (exact) mass is 642 g/mol. The Morgan fingerprint density at radius 2 is 0.511 bits per heavy atom. The normalized spacial score (nSPS) is 17.7. The molecule has 0 nitrogen and oxygen atoms in total. The van der Waals surface area contributed by atoms with Gasteiger partial charge in [-0.2, -0.15) is 0 Å². The fourth-order valence-electron chi connectivity index (χ4n) is 12.0. The Balaban J connectivity index is 1.88. The van der Waals surface area contributed by atoms with Crippen molar-refractivity contribution in [3.05, 3.63) is 72.8 Å². The molecular formula is C42H54Si3. The van der Waals surface area contributed by atoms with Gasteiger partial charge in [-0.1, -0.05) is 156 Å². The van der Waals surface area contributed by atoms with Crippen LogP contribution in [0.15, 0.2) is 72.8 Å². The first kappa shape index (κ1) is 31.1. The molecule has 3 aliphatic heterocycles. The van der Waals surface area contributed by atoms with E-state index in [4.69, 9.17) is 0 Å². The van der Waals surface area contributed by atoms with E-state index in [2.05, 4.69) is 156 Å². The molecule has 234 valence electrons. The number of rotatable bonds is 6. The molecule has 0 bridgehead atoms. The molecule has 45 heavy (non-hydrogen) atoms. The van der Waals surface area contributed by atoms with Crippen molar-refractivity contribution in [2.75, 3.05) is 0 Å². The van der Waals surface area contributed by atoms with Crippen LogP contribution in [-0.2, 0) is 0 Å². The molecule has 3 heterocycles. The van der Waals surface area contributed by atoms with Gasteiger partial charge >= 0.3 is 0 Å². The van der Waals surface area contributed by atoms with Crippen LogP contribution in [0.3, 0.4) is 0 Å². The van der Waals surface area contributed by atoms with Crippen LogP contribution in [-0.4, -0.2) is 24.2 Å². The van der Waals surface area contributed by atoms with Gasteiger partial charge in [0.05, 0.1) is 0 Å². The van der Waals surface area contributed by atoms with E-state index in [0.29, 0.717) is 33.2 Å². The Labute approximate surface area is 276 Å². The summed E-state index contributed by atoms with van der Waals surface area (Å²) >= 11 is 0. The second-order valence-corrected chi connectivity index (χ2v) is 31.7. The minimum atomic E-state index is -2.22. The molecule has 0 amide bonds. The van der Waals surface area contributed by atoms with Gasteiger partial charge in [0.1, 0.15) is 24.2 Å². The molecule has 4 aromatic rings. The van der Waals surface area contributed by atoms with E-state index in [1.54, 1.807) is 48.9 Å². The van der Waals surface area contributed by atoms with Crippen LogP contribution in [0.4, 0.5) is 0 Å². The largest absolute Gasteiger partial charge is 0.125 e. The smallest absolute Gasteiger partial charge is 0.0645 e. The van der Waals surface area contributed by atoms with Crippen LogP contribution >= 0.6 is 0 Å². The number of fused-ring (bicyclic) bond motifs is 12. The predicted molar refractivity (Wildman–Crippen MR) is 208 cm³/mol. The van der Waals surface area contributed by atoms with Crippen molar-refractivity contribution in [3.8, 4) is 33.4 Å². The molecule has 0 unspecified atom stereocenters. The van der Waals surface area contributed by atoms with Gasteiger partial charge in [-0.3, -0.25) is 0 Å². The second-order valence-electron chi connectivity index (χ2n) is 16.4. The third kappa shape index (κ3) is 3.38. The summed E-state index contributed by atoms with van der Waals surface area (Å²) < 4.78 is 0. The molecule has 0 atom stereocenters. The molecule has 7 rings (SSSR count). The Morgan fingerprint density at radius 1 is 0.311 bits per heavy atom. The highest BCUT2D eigenvalue weighted by Gasteiger charge is 2.63. The average Bonchev–Trinajstić information content (AvgIpc) is 3.58. The van der Waals surface area contributed by atoms with Crippen LogP contribution in [0.1, 0.15) is 83.1 Å². The fraction of sp³-hybridized carbons (Fsp3) is 0.429.